The molecular weight excluding hydrogens is 456 g/mol. The maximum atomic E-state index is 12.2. The number of rotatable bonds is 21. The molecule has 9 nitrogen and oxygen atoms in total. The second-order valence-electron chi connectivity index (χ2n) is 9.59. The Morgan fingerprint density at radius 2 is 1.34 bits per heavy atom. The molecule has 1 rings (SSSR count). The van der Waals surface area contributed by atoms with E-state index in [-0.39, 0.29) is 19.2 Å². The second-order valence-corrected chi connectivity index (χ2v) is 9.59. The summed E-state index contributed by atoms with van der Waals surface area (Å²) >= 11 is 0. The highest BCUT2D eigenvalue weighted by molar-refractivity contribution is 5.69. The zero-order valence-electron chi connectivity index (χ0n) is 21.8. The predicted octanol–water partition coefficient (Wildman–Crippen LogP) is 2.84. The highest BCUT2D eigenvalue weighted by Crippen LogP contribution is 2.22. The first-order chi connectivity index (χ1) is 16.9. The molecule has 208 valence electrons. The molecule has 0 bridgehead atoms. The number of esters is 1. The molecule has 35 heavy (non-hydrogen) atoms. The van der Waals surface area contributed by atoms with Crippen molar-refractivity contribution in [3.05, 3.63) is 0 Å². The number of methoxy groups -OCH3 is 1. The van der Waals surface area contributed by atoms with Gasteiger partial charge in [-0.3, -0.25) is 4.79 Å². The SMILES string of the molecule is CCCCCCCCCCCCCCCC(=O)OC(COC)COC1OC(CO)C(O)C(O)C1O. The van der Waals surface area contributed by atoms with Gasteiger partial charge in [0.2, 0.25) is 0 Å². The number of unbranched alkanes of at least 4 members (excludes halogenated alkanes) is 12. The summed E-state index contributed by atoms with van der Waals surface area (Å²) in [5.74, 6) is -0.340. The molecule has 0 amide bonds. The number of hydrogen-bond donors (Lipinski definition) is 4. The Kier molecular flexibility index (Phi) is 18.7. The van der Waals surface area contributed by atoms with Crippen molar-refractivity contribution in [2.24, 2.45) is 0 Å². The van der Waals surface area contributed by atoms with Crippen LogP contribution in [0.3, 0.4) is 0 Å². The van der Waals surface area contributed by atoms with E-state index in [1.165, 1.54) is 71.3 Å². The first-order valence-electron chi connectivity index (χ1n) is 13.5. The molecule has 0 aromatic rings. The molecule has 9 heteroatoms. The van der Waals surface area contributed by atoms with Crippen molar-refractivity contribution in [3.63, 3.8) is 0 Å². The standard InChI is InChI=1S/C26H50O9/c1-3-4-5-6-7-8-9-10-11-12-13-14-15-16-22(28)34-20(18-32-2)19-33-26-25(31)24(30)23(29)21(17-27)35-26/h20-21,23-27,29-31H,3-19H2,1-2H3. The summed E-state index contributed by atoms with van der Waals surface area (Å²) in [5.41, 5.74) is 0. The molecule has 4 N–H and O–H groups in total. The van der Waals surface area contributed by atoms with Gasteiger partial charge in [0.15, 0.2) is 6.29 Å². The van der Waals surface area contributed by atoms with Gasteiger partial charge in [-0.2, -0.15) is 0 Å². The Hall–Kier alpha value is -0.810. The maximum Gasteiger partial charge on any atom is 0.306 e. The third kappa shape index (κ3) is 13.9. The molecule has 0 aromatic heterocycles. The monoisotopic (exact) mass is 506 g/mol. The predicted molar refractivity (Wildman–Crippen MR) is 132 cm³/mol. The Balaban J connectivity index is 2.14. The van der Waals surface area contributed by atoms with Crippen LogP contribution in [-0.2, 0) is 23.7 Å². The lowest BCUT2D eigenvalue weighted by Crippen LogP contribution is -2.59. The van der Waals surface area contributed by atoms with Crippen LogP contribution in [-0.4, -0.2) is 90.1 Å². The van der Waals surface area contributed by atoms with Crippen LogP contribution < -0.4 is 0 Å². The van der Waals surface area contributed by atoms with Crippen LogP contribution in [0.1, 0.15) is 96.8 Å². The van der Waals surface area contributed by atoms with E-state index >= 15 is 0 Å². The lowest BCUT2D eigenvalue weighted by atomic mass is 9.99. The van der Waals surface area contributed by atoms with Gasteiger partial charge in [-0.15, -0.1) is 0 Å². The van der Waals surface area contributed by atoms with Crippen LogP contribution in [0.4, 0.5) is 0 Å². The van der Waals surface area contributed by atoms with Gasteiger partial charge < -0.3 is 39.4 Å². The Morgan fingerprint density at radius 3 is 1.86 bits per heavy atom. The van der Waals surface area contributed by atoms with Crippen LogP contribution in [0, 0.1) is 0 Å². The normalized spacial score (nSPS) is 25.5. The zero-order chi connectivity index (χ0) is 25.9. The van der Waals surface area contributed by atoms with E-state index in [0.717, 1.165) is 19.3 Å². The van der Waals surface area contributed by atoms with Crippen LogP contribution in [0.25, 0.3) is 0 Å². The van der Waals surface area contributed by atoms with E-state index < -0.39 is 43.4 Å². The first-order valence-corrected chi connectivity index (χ1v) is 13.5. The van der Waals surface area contributed by atoms with Gasteiger partial charge in [0.1, 0.15) is 30.5 Å². The van der Waals surface area contributed by atoms with Crippen molar-refractivity contribution in [2.45, 2.75) is 134 Å². The Morgan fingerprint density at radius 1 is 0.800 bits per heavy atom. The minimum atomic E-state index is -1.52. The fourth-order valence-electron chi connectivity index (χ4n) is 4.24. The average Bonchev–Trinajstić information content (AvgIpc) is 2.85. The molecule has 6 unspecified atom stereocenters. The molecule has 0 radical (unpaired) electrons. The average molecular weight is 507 g/mol. The molecule has 1 fully saturated rings. The van der Waals surface area contributed by atoms with Gasteiger partial charge >= 0.3 is 5.97 Å². The molecule has 6 atom stereocenters. The fraction of sp³-hybridized carbons (Fsp3) is 0.962. The Labute approximate surface area is 211 Å². The van der Waals surface area contributed by atoms with Gasteiger partial charge in [0, 0.05) is 13.5 Å². The van der Waals surface area contributed by atoms with Gasteiger partial charge in [-0.25, -0.2) is 0 Å². The first kappa shape index (κ1) is 32.2. The third-order valence-corrected chi connectivity index (χ3v) is 6.43. The maximum absolute atomic E-state index is 12.2. The summed E-state index contributed by atoms with van der Waals surface area (Å²) in [6.07, 6.45) is 8.84. The summed E-state index contributed by atoms with van der Waals surface area (Å²) in [5, 5.41) is 39.0. The van der Waals surface area contributed by atoms with Gasteiger partial charge in [0.05, 0.1) is 19.8 Å². The molecule has 0 spiro atoms. The van der Waals surface area contributed by atoms with Crippen LogP contribution >= 0.6 is 0 Å². The number of carbonyl (C=O) groups is 1. The summed E-state index contributed by atoms with van der Waals surface area (Å²) in [7, 11) is 1.47. The lowest BCUT2D eigenvalue weighted by molar-refractivity contribution is -0.305. The van der Waals surface area contributed by atoms with Gasteiger partial charge in [-0.1, -0.05) is 84.0 Å². The molecule has 0 aliphatic carbocycles. The lowest BCUT2D eigenvalue weighted by Gasteiger charge is -2.39. The summed E-state index contributed by atoms with van der Waals surface area (Å²) in [6.45, 7) is 1.68. The smallest absolute Gasteiger partial charge is 0.306 e. The molecule has 1 heterocycles. The van der Waals surface area contributed by atoms with Crippen molar-refractivity contribution in [1.82, 2.24) is 0 Å². The molecule has 1 aliphatic rings. The minimum absolute atomic E-state index is 0.0990. The molecule has 1 saturated heterocycles. The van der Waals surface area contributed by atoms with E-state index in [9.17, 15) is 25.2 Å². The van der Waals surface area contributed by atoms with E-state index in [2.05, 4.69) is 6.92 Å². The molecule has 1 aliphatic heterocycles. The zero-order valence-corrected chi connectivity index (χ0v) is 21.8. The summed E-state index contributed by atoms with van der Waals surface area (Å²) in [6, 6.07) is 0. The fourth-order valence-corrected chi connectivity index (χ4v) is 4.24. The number of carbonyl (C=O) groups excluding carboxylic acids is 1. The molecule has 0 saturated carbocycles. The third-order valence-electron chi connectivity index (χ3n) is 6.43. The topological polar surface area (TPSA) is 135 Å². The van der Waals surface area contributed by atoms with Crippen LogP contribution in [0.5, 0.6) is 0 Å². The van der Waals surface area contributed by atoms with Crippen molar-refractivity contribution in [3.8, 4) is 0 Å². The number of ether oxygens (including phenoxy) is 4. The van der Waals surface area contributed by atoms with Crippen LogP contribution in [0.15, 0.2) is 0 Å². The highest BCUT2D eigenvalue weighted by Gasteiger charge is 2.44. The number of aliphatic hydroxyl groups is 4. The largest absolute Gasteiger partial charge is 0.457 e. The van der Waals surface area contributed by atoms with Crippen molar-refractivity contribution >= 4 is 5.97 Å². The van der Waals surface area contributed by atoms with E-state index in [1.54, 1.807) is 0 Å². The van der Waals surface area contributed by atoms with Crippen molar-refractivity contribution in [1.29, 1.82) is 0 Å². The van der Waals surface area contributed by atoms with Gasteiger partial charge in [0.25, 0.3) is 0 Å². The molecule has 0 aromatic carbocycles. The highest BCUT2D eigenvalue weighted by atomic mass is 16.7. The van der Waals surface area contributed by atoms with Gasteiger partial charge in [-0.05, 0) is 6.42 Å². The number of aliphatic hydroxyl groups excluding tert-OH is 4. The van der Waals surface area contributed by atoms with Crippen LogP contribution in [0.2, 0.25) is 0 Å². The van der Waals surface area contributed by atoms with Crippen molar-refractivity contribution in [2.75, 3.05) is 26.9 Å². The van der Waals surface area contributed by atoms with E-state index in [4.69, 9.17) is 18.9 Å². The number of hydrogen-bond acceptors (Lipinski definition) is 9. The summed E-state index contributed by atoms with van der Waals surface area (Å²) in [4.78, 5) is 12.2. The quantitative estimate of drug-likeness (QED) is 0.137. The Bertz CT molecular complexity index is 517. The minimum Gasteiger partial charge on any atom is -0.457 e. The molecular formula is C26H50O9. The second kappa shape index (κ2) is 20.3. The van der Waals surface area contributed by atoms with E-state index in [1.807, 2.05) is 0 Å². The van der Waals surface area contributed by atoms with Crippen molar-refractivity contribution < 1.29 is 44.2 Å². The summed E-state index contributed by atoms with van der Waals surface area (Å²) < 4.78 is 21.3. The van der Waals surface area contributed by atoms with E-state index in [0.29, 0.717) is 6.42 Å².